The molecule has 1 nitrogen and oxygen atoms in total. The third-order valence-electron chi connectivity index (χ3n) is 2.30. The molecule has 1 aromatic carbocycles. The van der Waals surface area contributed by atoms with Gasteiger partial charge >= 0.3 is 0 Å². The standard InChI is InChI=1S/C15H21ClOS/c1-13(2)17-10-4-3-5-11-18-12-14-6-8-15(16)9-7-14/h3,5-9,13H,4,10-12H2,1-2H3/b5-3+. The van der Waals surface area contributed by atoms with Crippen LogP contribution in [0.25, 0.3) is 0 Å². The largest absolute Gasteiger partial charge is 0.378 e. The van der Waals surface area contributed by atoms with Crippen LogP contribution in [-0.4, -0.2) is 18.5 Å². The first-order valence-electron chi connectivity index (χ1n) is 6.27. The lowest BCUT2D eigenvalue weighted by atomic mass is 10.2. The quantitative estimate of drug-likeness (QED) is 0.494. The van der Waals surface area contributed by atoms with E-state index in [-0.39, 0.29) is 0 Å². The Hall–Kier alpha value is -0.440. The summed E-state index contributed by atoms with van der Waals surface area (Å²) in [7, 11) is 0. The van der Waals surface area contributed by atoms with Crippen molar-refractivity contribution in [2.24, 2.45) is 0 Å². The van der Waals surface area contributed by atoms with Gasteiger partial charge in [-0.25, -0.2) is 0 Å². The summed E-state index contributed by atoms with van der Waals surface area (Å²) in [5.41, 5.74) is 1.32. The van der Waals surface area contributed by atoms with Crippen LogP contribution < -0.4 is 0 Å². The number of halogens is 1. The van der Waals surface area contributed by atoms with Crippen molar-refractivity contribution in [2.45, 2.75) is 32.1 Å². The summed E-state index contributed by atoms with van der Waals surface area (Å²) in [5.74, 6) is 2.08. The molecule has 0 fully saturated rings. The molecule has 0 amide bonds. The molecule has 0 N–H and O–H groups in total. The van der Waals surface area contributed by atoms with Crippen LogP contribution in [0.15, 0.2) is 36.4 Å². The molecule has 0 bridgehead atoms. The maximum absolute atomic E-state index is 5.84. The van der Waals surface area contributed by atoms with Gasteiger partial charge < -0.3 is 4.74 Å². The average Bonchev–Trinajstić information content (AvgIpc) is 2.34. The van der Waals surface area contributed by atoms with Gasteiger partial charge in [0.25, 0.3) is 0 Å². The summed E-state index contributed by atoms with van der Waals surface area (Å²) < 4.78 is 5.46. The molecule has 0 heterocycles. The Morgan fingerprint density at radius 1 is 1.22 bits per heavy atom. The van der Waals surface area contributed by atoms with E-state index in [1.165, 1.54) is 5.56 Å². The highest BCUT2D eigenvalue weighted by Crippen LogP contribution is 2.15. The smallest absolute Gasteiger partial charge is 0.0519 e. The zero-order valence-corrected chi connectivity index (χ0v) is 12.6. The second kappa shape index (κ2) is 9.48. The van der Waals surface area contributed by atoms with Crippen LogP contribution in [0.3, 0.4) is 0 Å². The third kappa shape index (κ3) is 7.80. The molecule has 0 saturated carbocycles. The fraction of sp³-hybridized carbons (Fsp3) is 0.467. The zero-order chi connectivity index (χ0) is 13.2. The van der Waals surface area contributed by atoms with E-state index in [1.807, 2.05) is 23.9 Å². The van der Waals surface area contributed by atoms with Crippen LogP contribution in [0.4, 0.5) is 0 Å². The molecule has 0 aliphatic heterocycles. The number of hydrogen-bond donors (Lipinski definition) is 0. The molecule has 0 atom stereocenters. The van der Waals surface area contributed by atoms with Gasteiger partial charge in [0.2, 0.25) is 0 Å². The first-order chi connectivity index (χ1) is 8.68. The van der Waals surface area contributed by atoms with Crippen LogP contribution in [-0.2, 0) is 10.5 Å². The second-order valence-corrected chi connectivity index (χ2v) is 5.79. The van der Waals surface area contributed by atoms with Crippen molar-refractivity contribution in [3.8, 4) is 0 Å². The molecule has 0 aliphatic rings. The van der Waals surface area contributed by atoms with E-state index in [1.54, 1.807) is 0 Å². The van der Waals surface area contributed by atoms with Crippen molar-refractivity contribution in [1.29, 1.82) is 0 Å². The highest BCUT2D eigenvalue weighted by molar-refractivity contribution is 7.98. The highest BCUT2D eigenvalue weighted by atomic mass is 35.5. The number of thioether (sulfide) groups is 1. The molecule has 1 rings (SSSR count). The van der Waals surface area contributed by atoms with E-state index in [0.717, 1.165) is 29.6 Å². The Morgan fingerprint density at radius 3 is 2.61 bits per heavy atom. The lowest BCUT2D eigenvalue weighted by Gasteiger charge is -2.04. The highest BCUT2D eigenvalue weighted by Gasteiger charge is 1.93. The van der Waals surface area contributed by atoms with E-state index >= 15 is 0 Å². The van der Waals surface area contributed by atoms with Crippen LogP contribution in [0, 0.1) is 0 Å². The fourth-order valence-electron chi connectivity index (χ4n) is 1.38. The summed E-state index contributed by atoms with van der Waals surface area (Å²) in [6.07, 6.45) is 5.74. The van der Waals surface area contributed by atoms with E-state index in [2.05, 4.69) is 38.1 Å². The van der Waals surface area contributed by atoms with Crippen molar-refractivity contribution < 1.29 is 4.74 Å². The number of hydrogen-bond acceptors (Lipinski definition) is 2. The minimum Gasteiger partial charge on any atom is -0.378 e. The van der Waals surface area contributed by atoms with E-state index < -0.39 is 0 Å². The maximum atomic E-state index is 5.84. The van der Waals surface area contributed by atoms with Crippen molar-refractivity contribution in [3.63, 3.8) is 0 Å². The first-order valence-corrected chi connectivity index (χ1v) is 7.80. The van der Waals surface area contributed by atoms with Gasteiger partial charge in [-0.1, -0.05) is 35.9 Å². The molecule has 18 heavy (non-hydrogen) atoms. The fourth-order valence-corrected chi connectivity index (χ4v) is 2.33. The summed E-state index contributed by atoms with van der Waals surface area (Å²) in [4.78, 5) is 0. The average molecular weight is 285 g/mol. The molecule has 0 aromatic heterocycles. The minimum atomic E-state index is 0.331. The minimum absolute atomic E-state index is 0.331. The monoisotopic (exact) mass is 284 g/mol. The molecule has 0 radical (unpaired) electrons. The predicted octanol–water partition coefficient (Wildman–Crippen LogP) is 4.94. The Balaban J connectivity index is 2.04. The molecule has 1 aromatic rings. The van der Waals surface area contributed by atoms with Crippen molar-refractivity contribution in [2.75, 3.05) is 12.4 Å². The van der Waals surface area contributed by atoms with E-state index in [4.69, 9.17) is 16.3 Å². The molecule has 0 unspecified atom stereocenters. The van der Waals surface area contributed by atoms with E-state index in [0.29, 0.717) is 6.10 Å². The summed E-state index contributed by atoms with van der Waals surface area (Å²) in [6, 6.07) is 8.04. The lowest BCUT2D eigenvalue weighted by Crippen LogP contribution is -2.02. The van der Waals surface area contributed by atoms with Gasteiger partial charge in [0.05, 0.1) is 12.7 Å². The third-order valence-corrected chi connectivity index (χ3v) is 3.52. The Labute approximate surface area is 120 Å². The van der Waals surface area contributed by atoms with Crippen LogP contribution in [0.1, 0.15) is 25.8 Å². The molecular formula is C15H21ClOS. The second-order valence-electron chi connectivity index (χ2n) is 4.32. The molecule has 100 valence electrons. The maximum Gasteiger partial charge on any atom is 0.0519 e. The van der Waals surface area contributed by atoms with Gasteiger partial charge in [0.1, 0.15) is 0 Å². The summed E-state index contributed by atoms with van der Waals surface area (Å²) in [5, 5.41) is 0.800. The van der Waals surface area contributed by atoms with Gasteiger partial charge in [0, 0.05) is 16.5 Å². The number of rotatable bonds is 8. The Bertz CT molecular complexity index is 346. The van der Waals surface area contributed by atoms with E-state index in [9.17, 15) is 0 Å². The Kier molecular flexibility index (Phi) is 8.23. The van der Waals surface area contributed by atoms with Gasteiger partial charge in [0.15, 0.2) is 0 Å². The van der Waals surface area contributed by atoms with Crippen molar-refractivity contribution in [3.05, 3.63) is 47.0 Å². The van der Waals surface area contributed by atoms with Gasteiger partial charge in [-0.2, -0.15) is 11.8 Å². The first kappa shape index (κ1) is 15.6. The predicted molar refractivity (Wildman–Crippen MR) is 82.5 cm³/mol. The molecule has 0 aliphatic carbocycles. The molecule has 3 heteroatoms. The zero-order valence-electron chi connectivity index (χ0n) is 11.1. The van der Waals surface area contributed by atoms with Crippen molar-refractivity contribution in [1.82, 2.24) is 0 Å². The van der Waals surface area contributed by atoms with Crippen LogP contribution in [0.5, 0.6) is 0 Å². The summed E-state index contributed by atoms with van der Waals surface area (Å²) >= 11 is 7.74. The van der Waals surface area contributed by atoms with Crippen molar-refractivity contribution >= 4 is 23.4 Å². The van der Waals surface area contributed by atoms with Gasteiger partial charge in [-0.15, -0.1) is 0 Å². The Morgan fingerprint density at radius 2 is 1.94 bits per heavy atom. The summed E-state index contributed by atoms with van der Waals surface area (Å²) in [6.45, 7) is 4.94. The molecular weight excluding hydrogens is 264 g/mol. The van der Waals surface area contributed by atoms with Gasteiger partial charge in [-0.05, 0) is 38.0 Å². The molecule has 0 spiro atoms. The topological polar surface area (TPSA) is 9.23 Å². The van der Waals surface area contributed by atoms with Gasteiger partial charge in [-0.3, -0.25) is 0 Å². The SMILES string of the molecule is CC(C)OCC/C=C/CSCc1ccc(Cl)cc1. The molecule has 0 saturated heterocycles. The normalized spacial score (nSPS) is 11.6. The number of benzene rings is 1. The number of ether oxygens (including phenoxy) is 1. The van der Waals surface area contributed by atoms with Crippen LogP contribution >= 0.6 is 23.4 Å². The lowest BCUT2D eigenvalue weighted by molar-refractivity contribution is 0.0826. The van der Waals surface area contributed by atoms with Crippen LogP contribution in [0.2, 0.25) is 5.02 Å².